The maximum atomic E-state index is 4.29. The lowest BCUT2D eigenvalue weighted by molar-refractivity contribution is 0.509. The van der Waals surface area contributed by atoms with Crippen LogP contribution in [0.4, 0.5) is 5.69 Å². The molecule has 1 heterocycles. The van der Waals surface area contributed by atoms with Crippen molar-refractivity contribution in [1.29, 1.82) is 0 Å². The van der Waals surface area contributed by atoms with Gasteiger partial charge in [0.1, 0.15) is 12.2 Å². The third kappa shape index (κ3) is 2.70. The Kier molecular flexibility index (Phi) is 3.65. The summed E-state index contributed by atoms with van der Waals surface area (Å²) >= 11 is 0. The van der Waals surface area contributed by atoms with Crippen molar-refractivity contribution in [3.63, 3.8) is 0 Å². The maximum Gasteiger partial charge on any atom is 0.146 e. The summed E-state index contributed by atoms with van der Waals surface area (Å²) in [6, 6.07) is 6.74. The Morgan fingerprint density at radius 1 is 1.28 bits per heavy atom. The van der Waals surface area contributed by atoms with E-state index in [4.69, 9.17) is 0 Å². The highest BCUT2D eigenvalue weighted by Crippen LogP contribution is 2.17. The molecule has 0 spiro atoms. The van der Waals surface area contributed by atoms with Crippen molar-refractivity contribution in [1.82, 2.24) is 14.8 Å². The number of rotatable bonds is 4. The number of hydrogen-bond donors (Lipinski definition) is 1. The van der Waals surface area contributed by atoms with Crippen LogP contribution in [0, 0.1) is 13.8 Å². The average molecular weight is 244 g/mol. The van der Waals surface area contributed by atoms with E-state index in [1.807, 2.05) is 4.68 Å². The number of aromatic nitrogens is 3. The fourth-order valence-corrected chi connectivity index (χ4v) is 2.02. The second-order valence-corrected chi connectivity index (χ2v) is 4.89. The van der Waals surface area contributed by atoms with E-state index in [1.54, 1.807) is 6.33 Å². The number of nitrogens with zero attached hydrogens (tertiary/aromatic N) is 3. The molecular weight excluding hydrogens is 224 g/mol. The van der Waals surface area contributed by atoms with Crippen molar-refractivity contribution in [3.8, 4) is 0 Å². The average Bonchev–Trinajstić information content (AvgIpc) is 2.76. The van der Waals surface area contributed by atoms with E-state index in [0.717, 1.165) is 11.5 Å². The van der Waals surface area contributed by atoms with Crippen LogP contribution < -0.4 is 5.32 Å². The lowest BCUT2D eigenvalue weighted by atomic mass is 10.1. The van der Waals surface area contributed by atoms with E-state index in [0.29, 0.717) is 12.6 Å². The van der Waals surface area contributed by atoms with Crippen LogP contribution >= 0.6 is 0 Å². The minimum Gasteiger partial charge on any atom is -0.378 e. The highest BCUT2D eigenvalue weighted by Gasteiger charge is 2.07. The largest absolute Gasteiger partial charge is 0.378 e. The first-order chi connectivity index (χ1) is 8.58. The molecule has 1 aromatic carbocycles. The highest BCUT2D eigenvalue weighted by atomic mass is 15.4. The zero-order chi connectivity index (χ0) is 13.1. The predicted octanol–water partition coefficient (Wildman–Crippen LogP) is 3.09. The minimum atomic E-state index is 0.336. The van der Waals surface area contributed by atoms with Gasteiger partial charge in [-0.3, -0.25) is 0 Å². The second kappa shape index (κ2) is 5.21. The SMILES string of the molecule is Cc1ccc(NCc2ncnn2C(C)C)c(C)c1. The quantitative estimate of drug-likeness (QED) is 0.898. The first kappa shape index (κ1) is 12.6. The molecule has 2 aromatic rings. The van der Waals surface area contributed by atoms with Crippen LogP contribution in [-0.4, -0.2) is 14.8 Å². The lowest BCUT2D eigenvalue weighted by Gasteiger charge is -2.12. The lowest BCUT2D eigenvalue weighted by Crippen LogP contribution is -2.12. The number of aryl methyl sites for hydroxylation is 2. The van der Waals surface area contributed by atoms with Gasteiger partial charge < -0.3 is 5.32 Å². The number of nitrogens with one attached hydrogen (secondary N) is 1. The normalized spacial score (nSPS) is 10.9. The summed E-state index contributed by atoms with van der Waals surface area (Å²) in [5.41, 5.74) is 3.69. The Morgan fingerprint density at radius 3 is 2.72 bits per heavy atom. The van der Waals surface area contributed by atoms with Crippen molar-refractivity contribution in [2.24, 2.45) is 0 Å². The summed E-state index contributed by atoms with van der Waals surface area (Å²) < 4.78 is 1.94. The Bertz CT molecular complexity index is 528. The van der Waals surface area contributed by atoms with Crippen molar-refractivity contribution in [2.45, 2.75) is 40.3 Å². The molecule has 2 rings (SSSR count). The Labute approximate surface area is 108 Å². The van der Waals surface area contributed by atoms with Crippen molar-refractivity contribution >= 4 is 5.69 Å². The first-order valence-electron chi connectivity index (χ1n) is 6.27. The zero-order valence-corrected chi connectivity index (χ0v) is 11.4. The molecule has 0 saturated carbocycles. The summed E-state index contributed by atoms with van der Waals surface area (Å²) in [5, 5.41) is 7.64. The number of benzene rings is 1. The highest BCUT2D eigenvalue weighted by molar-refractivity contribution is 5.51. The monoisotopic (exact) mass is 244 g/mol. The van der Waals surface area contributed by atoms with Gasteiger partial charge in [0.2, 0.25) is 0 Å². The molecule has 0 bridgehead atoms. The van der Waals surface area contributed by atoms with Crippen LogP contribution in [0.15, 0.2) is 24.5 Å². The van der Waals surface area contributed by atoms with Crippen LogP contribution in [0.5, 0.6) is 0 Å². The summed E-state index contributed by atoms with van der Waals surface area (Å²) in [4.78, 5) is 4.29. The van der Waals surface area contributed by atoms with Gasteiger partial charge in [-0.25, -0.2) is 9.67 Å². The van der Waals surface area contributed by atoms with Gasteiger partial charge in [0, 0.05) is 11.7 Å². The Balaban J connectivity index is 2.09. The molecule has 0 aliphatic rings. The molecule has 0 aliphatic heterocycles. The van der Waals surface area contributed by atoms with Gasteiger partial charge in [-0.2, -0.15) is 5.10 Å². The van der Waals surface area contributed by atoms with Crippen molar-refractivity contribution in [2.75, 3.05) is 5.32 Å². The van der Waals surface area contributed by atoms with Gasteiger partial charge in [0.05, 0.1) is 6.54 Å². The standard InChI is InChI=1S/C14H20N4/c1-10(2)18-14(16-9-17-18)8-15-13-6-5-11(3)7-12(13)4/h5-7,9-10,15H,8H2,1-4H3. The molecule has 1 aromatic heterocycles. The van der Waals surface area contributed by atoms with Crippen molar-refractivity contribution < 1.29 is 0 Å². The van der Waals surface area contributed by atoms with E-state index in [1.165, 1.54) is 11.1 Å². The van der Waals surface area contributed by atoms with Gasteiger partial charge in [0.15, 0.2) is 0 Å². The third-order valence-corrected chi connectivity index (χ3v) is 2.96. The number of hydrogen-bond acceptors (Lipinski definition) is 3. The summed E-state index contributed by atoms with van der Waals surface area (Å²) in [6.45, 7) is 9.13. The molecule has 0 amide bonds. The van der Waals surface area contributed by atoms with Gasteiger partial charge >= 0.3 is 0 Å². The molecule has 4 heteroatoms. The Morgan fingerprint density at radius 2 is 2.06 bits per heavy atom. The molecule has 0 radical (unpaired) electrons. The Hall–Kier alpha value is -1.84. The molecule has 4 nitrogen and oxygen atoms in total. The fraction of sp³-hybridized carbons (Fsp3) is 0.429. The minimum absolute atomic E-state index is 0.336. The molecule has 18 heavy (non-hydrogen) atoms. The van der Waals surface area contributed by atoms with Crippen LogP contribution in [0.25, 0.3) is 0 Å². The van der Waals surface area contributed by atoms with Gasteiger partial charge in [-0.15, -0.1) is 0 Å². The maximum absolute atomic E-state index is 4.29. The van der Waals surface area contributed by atoms with E-state index >= 15 is 0 Å². The fourth-order valence-electron chi connectivity index (χ4n) is 2.02. The van der Waals surface area contributed by atoms with Crippen LogP contribution in [0.3, 0.4) is 0 Å². The second-order valence-electron chi connectivity index (χ2n) is 4.89. The van der Waals surface area contributed by atoms with Crippen LogP contribution in [0.2, 0.25) is 0 Å². The van der Waals surface area contributed by atoms with E-state index in [9.17, 15) is 0 Å². The van der Waals surface area contributed by atoms with E-state index < -0.39 is 0 Å². The van der Waals surface area contributed by atoms with Crippen molar-refractivity contribution in [3.05, 3.63) is 41.5 Å². The first-order valence-corrected chi connectivity index (χ1v) is 6.27. The smallest absolute Gasteiger partial charge is 0.146 e. The van der Waals surface area contributed by atoms with Gasteiger partial charge in [-0.05, 0) is 39.3 Å². The van der Waals surface area contributed by atoms with Crippen LogP contribution in [0.1, 0.15) is 36.8 Å². The third-order valence-electron chi connectivity index (χ3n) is 2.96. The van der Waals surface area contributed by atoms with Gasteiger partial charge in [0.25, 0.3) is 0 Å². The summed E-state index contributed by atoms with van der Waals surface area (Å²) in [7, 11) is 0. The molecule has 0 atom stereocenters. The zero-order valence-electron chi connectivity index (χ0n) is 11.4. The van der Waals surface area contributed by atoms with Crippen LogP contribution in [-0.2, 0) is 6.54 Å². The summed E-state index contributed by atoms with van der Waals surface area (Å²) in [5.74, 6) is 0.963. The predicted molar refractivity (Wildman–Crippen MR) is 73.6 cm³/mol. The van der Waals surface area contributed by atoms with Gasteiger partial charge in [-0.1, -0.05) is 17.7 Å². The molecule has 0 saturated heterocycles. The molecule has 96 valence electrons. The molecule has 0 unspecified atom stereocenters. The van der Waals surface area contributed by atoms with E-state index in [2.05, 4.69) is 61.3 Å². The molecular formula is C14H20N4. The topological polar surface area (TPSA) is 42.7 Å². The molecule has 0 aliphatic carbocycles. The van der Waals surface area contributed by atoms with E-state index in [-0.39, 0.29) is 0 Å². The summed E-state index contributed by atoms with van der Waals surface area (Å²) in [6.07, 6.45) is 1.61. The molecule has 0 fully saturated rings. The number of anilines is 1. The molecule has 1 N–H and O–H groups in total.